The summed E-state index contributed by atoms with van der Waals surface area (Å²) in [5.74, 6) is 6.09. The molecule has 3 N–H and O–H groups in total. The second-order valence-electron chi connectivity index (χ2n) is 7.55. The fourth-order valence-corrected chi connectivity index (χ4v) is 3.78. The maximum atomic E-state index is 11.7. The van der Waals surface area contributed by atoms with Crippen LogP contribution in [0.3, 0.4) is 0 Å². The third-order valence-corrected chi connectivity index (χ3v) is 5.25. The molecule has 0 aromatic carbocycles. The zero-order chi connectivity index (χ0) is 24.4. The first-order valence-electron chi connectivity index (χ1n) is 11.6. The molecule has 186 valence electrons. The highest BCUT2D eigenvalue weighted by atomic mass is 16.5. The number of hydrogen-bond acceptors (Lipinski definition) is 10. The van der Waals surface area contributed by atoms with Crippen LogP contribution in [-0.2, 0) is 28.6 Å². The predicted octanol–water partition coefficient (Wildman–Crippen LogP) is -0.154. The number of hydrogen-bond donors (Lipinski definition) is 3. The number of carbonyl (C=O) groups excluding carboxylic acids is 3. The van der Waals surface area contributed by atoms with E-state index in [0.717, 1.165) is 19.6 Å². The van der Waals surface area contributed by atoms with Crippen molar-refractivity contribution in [1.29, 1.82) is 0 Å². The smallest absolute Gasteiger partial charge is 0.193 e. The Morgan fingerprint density at radius 2 is 1.18 bits per heavy atom. The molecular weight excluding hydrogens is 428 g/mol. The lowest BCUT2D eigenvalue weighted by Gasteiger charge is -2.44. The Kier molecular flexibility index (Phi) is 14.8. The molecule has 0 bridgehead atoms. The van der Waals surface area contributed by atoms with Crippen molar-refractivity contribution in [1.82, 2.24) is 20.9 Å². The molecule has 1 aliphatic rings. The summed E-state index contributed by atoms with van der Waals surface area (Å²) in [6, 6.07) is 0. The van der Waals surface area contributed by atoms with Crippen molar-refractivity contribution in [3.63, 3.8) is 0 Å². The highest BCUT2D eigenvalue weighted by Gasteiger charge is 2.40. The third-order valence-electron chi connectivity index (χ3n) is 5.25. The third kappa shape index (κ3) is 10.4. The van der Waals surface area contributed by atoms with Gasteiger partial charge in [0, 0.05) is 64.2 Å². The zero-order valence-electron chi connectivity index (χ0n) is 20.1. The molecule has 1 heterocycles. The largest absolute Gasteiger partial charge is 0.487 e. The molecule has 10 heteroatoms. The molecule has 10 nitrogen and oxygen atoms in total. The van der Waals surface area contributed by atoms with Gasteiger partial charge in [0.2, 0.25) is 0 Å². The summed E-state index contributed by atoms with van der Waals surface area (Å²) in [6.07, 6.45) is 0.308. The lowest BCUT2D eigenvalue weighted by molar-refractivity contribution is 0.0458. The minimum atomic E-state index is -0.857. The second kappa shape index (κ2) is 17.1. The molecular formula is C23H38N4O6. The van der Waals surface area contributed by atoms with Gasteiger partial charge in [-0.2, -0.15) is 0 Å². The maximum Gasteiger partial charge on any atom is 0.193 e. The summed E-state index contributed by atoms with van der Waals surface area (Å²) >= 11 is 0. The Labute approximate surface area is 196 Å². The van der Waals surface area contributed by atoms with Gasteiger partial charge in [-0.15, -0.1) is 0 Å². The standard InChI is InChI=1S/C23H38N4O6/c1-4-31-20(16-28)13-23(14-21(17-29)32-5-2)19-26-10-9-24-7-8-25-11-12-27(23)15-22(18-30)33-6-3/h24-26H,4-15,19H2,1-3H3. The molecule has 0 aromatic rings. The van der Waals surface area contributed by atoms with E-state index in [2.05, 4.69) is 16.0 Å². The number of ether oxygens (including phenoxy) is 3. The Bertz CT molecular complexity index is 694. The van der Waals surface area contributed by atoms with E-state index in [1.165, 1.54) is 0 Å². The van der Waals surface area contributed by atoms with Gasteiger partial charge in [-0.05, 0) is 20.8 Å². The molecule has 0 atom stereocenters. The van der Waals surface area contributed by atoms with Crippen molar-refractivity contribution < 1.29 is 28.6 Å². The maximum absolute atomic E-state index is 11.7. The summed E-state index contributed by atoms with van der Waals surface area (Å²) < 4.78 is 16.6. The first kappa shape index (κ1) is 28.6. The number of rotatable bonds is 12. The van der Waals surface area contributed by atoms with Crippen LogP contribution in [-0.4, -0.2) is 100 Å². The molecule has 0 unspecified atom stereocenters. The van der Waals surface area contributed by atoms with Crippen LogP contribution in [0.15, 0.2) is 17.3 Å². The summed E-state index contributed by atoms with van der Waals surface area (Å²) in [5, 5.41) is 10.1. The van der Waals surface area contributed by atoms with Gasteiger partial charge in [-0.3, -0.25) is 4.90 Å². The van der Waals surface area contributed by atoms with E-state index in [0.29, 0.717) is 46.0 Å². The van der Waals surface area contributed by atoms with Crippen molar-refractivity contribution in [3.05, 3.63) is 17.3 Å². The number of nitrogens with one attached hydrogen (secondary N) is 3. The van der Waals surface area contributed by atoms with Crippen molar-refractivity contribution in [3.8, 4) is 0 Å². The van der Waals surface area contributed by atoms with E-state index in [4.69, 9.17) is 14.2 Å². The average Bonchev–Trinajstić information content (AvgIpc) is 2.81. The highest BCUT2D eigenvalue weighted by molar-refractivity contribution is 5.52. The molecule has 0 saturated carbocycles. The molecule has 1 rings (SSSR count). The lowest BCUT2D eigenvalue weighted by Crippen LogP contribution is -2.58. The molecule has 1 saturated heterocycles. The monoisotopic (exact) mass is 466 g/mol. The van der Waals surface area contributed by atoms with Gasteiger partial charge in [0.25, 0.3) is 0 Å². The van der Waals surface area contributed by atoms with Gasteiger partial charge in [0.1, 0.15) is 0 Å². The molecule has 33 heavy (non-hydrogen) atoms. The van der Waals surface area contributed by atoms with E-state index in [1.807, 2.05) is 22.7 Å². The van der Waals surface area contributed by atoms with Crippen molar-refractivity contribution in [2.45, 2.75) is 39.2 Å². The van der Waals surface area contributed by atoms with Gasteiger partial charge >= 0.3 is 0 Å². The fraction of sp³-hybridized carbons (Fsp3) is 0.739. The summed E-state index contributed by atoms with van der Waals surface area (Å²) in [7, 11) is 0. The Balaban J connectivity index is 3.51. The molecule has 0 spiro atoms. The van der Waals surface area contributed by atoms with Crippen LogP contribution in [0, 0.1) is 0 Å². The zero-order valence-corrected chi connectivity index (χ0v) is 20.1. The van der Waals surface area contributed by atoms with Crippen LogP contribution in [0.1, 0.15) is 33.6 Å². The Morgan fingerprint density at radius 1 is 0.727 bits per heavy atom. The molecule has 0 aliphatic carbocycles. The van der Waals surface area contributed by atoms with Crippen LogP contribution in [0.25, 0.3) is 0 Å². The lowest BCUT2D eigenvalue weighted by atomic mass is 9.86. The van der Waals surface area contributed by atoms with Crippen molar-refractivity contribution in [2.24, 2.45) is 0 Å². The van der Waals surface area contributed by atoms with E-state index in [9.17, 15) is 14.4 Å². The molecule has 0 aromatic heterocycles. The van der Waals surface area contributed by atoms with Gasteiger partial charge in [0.15, 0.2) is 35.1 Å². The first-order chi connectivity index (χ1) is 16.1. The Hall–Kier alpha value is -2.41. The highest BCUT2D eigenvalue weighted by Crippen LogP contribution is 2.31. The molecule has 0 amide bonds. The molecule has 0 radical (unpaired) electrons. The van der Waals surface area contributed by atoms with Gasteiger partial charge in [0.05, 0.1) is 26.4 Å². The summed E-state index contributed by atoms with van der Waals surface area (Å²) in [5.41, 5.74) is -0.857. The van der Waals surface area contributed by atoms with E-state index in [1.54, 1.807) is 20.8 Å². The van der Waals surface area contributed by atoms with Crippen LogP contribution in [0.4, 0.5) is 0 Å². The van der Waals surface area contributed by atoms with Crippen LogP contribution >= 0.6 is 0 Å². The fourth-order valence-electron chi connectivity index (χ4n) is 3.78. The van der Waals surface area contributed by atoms with E-state index < -0.39 is 5.54 Å². The van der Waals surface area contributed by atoms with Crippen LogP contribution in [0.5, 0.6) is 0 Å². The average molecular weight is 467 g/mol. The summed E-state index contributed by atoms with van der Waals surface area (Å²) in [4.78, 5) is 37.0. The Morgan fingerprint density at radius 3 is 1.67 bits per heavy atom. The summed E-state index contributed by atoms with van der Waals surface area (Å²) in [6.45, 7) is 11.0. The topological polar surface area (TPSA) is 118 Å². The SMILES string of the molecule is CCOC(=C=O)CN1CCNCCNCCNCC1(CC(=C=O)OCC)CC(=C=O)OCC. The number of nitrogens with zero attached hydrogens (tertiary/aromatic N) is 1. The van der Waals surface area contributed by atoms with Gasteiger partial charge in [-0.25, -0.2) is 14.4 Å². The van der Waals surface area contributed by atoms with Crippen LogP contribution < -0.4 is 16.0 Å². The minimum absolute atomic E-state index is 0.136. The first-order valence-corrected chi connectivity index (χ1v) is 11.6. The second-order valence-corrected chi connectivity index (χ2v) is 7.55. The minimum Gasteiger partial charge on any atom is -0.487 e. The van der Waals surface area contributed by atoms with E-state index in [-0.39, 0.29) is 36.7 Å². The normalized spacial score (nSPS) is 20.1. The van der Waals surface area contributed by atoms with Crippen LogP contribution in [0.2, 0.25) is 0 Å². The van der Waals surface area contributed by atoms with Gasteiger partial charge in [-0.1, -0.05) is 0 Å². The quantitative estimate of drug-likeness (QED) is 0.265. The van der Waals surface area contributed by atoms with Crippen molar-refractivity contribution in [2.75, 3.05) is 72.2 Å². The van der Waals surface area contributed by atoms with Crippen molar-refractivity contribution >= 4 is 17.8 Å². The predicted molar refractivity (Wildman–Crippen MR) is 125 cm³/mol. The molecule has 1 aliphatic heterocycles. The van der Waals surface area contributed by atoms with Gasteiger partial charge < -0.3 is 30.2 Å². The molecule has 1 fully saturated rings. The van der Waals surface area contributed by atoms with E-state index >= 15 is 0 Å².